The third-order valence-electron chi connectivity index (χ3n) is 9.07. The minimum Gasteiger partial charge on any atom is -0.396 e. The van der Waals surface area contributed by atoms with Crippen molar-refractivity contribution in [2.45, 2.75) is 77.2 Å². The van der Waals surface area contributed by atoms with Crippen LogP contribution in [0, 0.1) is 34.0 Å². The number of aliphatic hydroxyl groups excluding tert-OH is 2. The monoisotopic (exact) mass is 322 g/mol. The molecule has 3 heteroatoms. The molecule has 4 fully saturated rings. The summed E-state index contributed by atoms with van der Waals surface area (Å²) in [5.41, 5.74) is -0.191. The van der Waals surface area contributed by atoms with E-state index in [4.69, 9.17) is 0 Å². The molecule has 0 radical (unpaired) electrons. The lowest BCUT2D eigenvalue weighted by Gasteiger charge is -2.64. The van der Waals surface area contributed by atoms with Gasteiger partial charge in [-0.15, -0.1) is 0 Å². The average Bonchev–Trinajstić information content (AvgIpc) is 2.70. The first-order valence-corrected chi connectivity index (χ1v) is 9.76. The van der Waals surface area contributed by atoms with Gasteiger partial charge in [0.2, 0.25) is 0 Å². The van der Waals surface area contributed by atoms with Gasteiger partial charge in [0.15, 0.2) is 0 Å². The third kappa shape index (κ3) is 1.99. The van der Waals surface area contributed by atoms with Gasteiger partial charge in [-0.05, 0) is 86.9 Å². The van der Waals surface area contributed by atoms with E-state index in [0.29, 0.717) is 23.2 Å². The number of aliphatic hydroxyl groups is 3. The Kier molecular flexibility index (Phi) is 3.52. The Bertz CT molecular complexity index is 483. The Hall–Kier alpha value is -0.120. The van der Waals surface area contributed by atoms with E-state index in [-0.39, 0.29) is 24.0 Å². The first-order chi connectivity index (χ1) is 10.8. The van der Waals surface area contributed by atoms with Crippen molar-refractivity contribution in [1.29, 1.82) is 0 Å². The minimum atomic E-state index is -0.475. The van der Waals surface area contributed by atoms with Crippen LogP contribution in [0.1, 0.15) is 71.6 Å². The van der Waals surface area contributed by atoms with Gasteiger partial charge in [-0.25, -0.2) is 0 Å². The smallest absolute Gasteiger partial charge is 0.0653 e. The molecule has 0 unspecified atom stereocenters. The van der Waals surface area contributed by atoms with Crippen LogP contribution in [0.4, 0.5) is 0 Å². The van der Waals surface area contributed by atoms with Gasteiger partial charge in [0.05, 0.1) is 18.8 Å². The topological polar surface area (TPSA) is 60.7 Å². The zero-order valence-electron chi connectivity index (χ0n) is 14.9. The minimum absolute atomic E-state index is 0.129. The summed E-state index contributed by atoms with van der Waals surface area (Å²) in [6.07, 6.45) is 10.2. The van der Waals surface area contributed by atoms with Crippen LogP contribution in [0.5, 0.6) is 0 Å². The second-order valence-electron chi connectivity index (χ2n) is 10.1. The Morgan fingerprint density at radius 3 is 2.35 bits per heavy atom. The summed E-state index contributed by atoms with van der Waals surface area (Å²) in [4.78, 5) is 0. The quantitative estimate of drug-likeness (QED) is 0.732. The lowest BCUT2D eigenvalue weighted by atomic mass is 9.41. The van der Waals surface area contributed by atoms with E-state index in [0.717, 1.165) is 32.1 Å². The van der Waals surface area contributed by atoms with Gasteiger partial charge < -0.3 is 15.3 Å². The zero-order valence-corrected chi connectivity index (χ0v) is 14.9. The highest BCUT2D eigenvalue weighted by Gasteiger charge is 2.66. The second kappa shape index (κ2) is 4.95. The SMILES string of the molecule is C[C@@]12CCCC(CO)(CO)[C@H]1CC[C@@]13C[C@@H](CC[C@H]12)[C@](C)(O)C3. The Labute approximate surface area is 140 Å². The van der Waals surface area contributed by atoms with Crippen LogP contribution in [-0.2, 0) is 0 Å². The van der Waals surface area contributed by atoms with E-state index in [1.165, 1.54) is 25.7 Å². The van der Waals surface area contributed by atoms with Gasteiger partial charge in [0.1, 0.15) is 0 Å². The van der Waals surface area contributed by atoms with Crippen molar-refractivity contribution in [2.75, 3.05) is 13.2 Å². The normalized spacial score (nSPS) is 54.4. The molecule has 23 heavy (non-hydrogen) atoms. The summed E-state index contributed by atoms with van der Waals surface area (Å²) in [6.45, 7) is 4.78. The van der Waals surface area contributed by atoms with E-state index in [2.05, 4.69) is 13.8 Å². The summed E-state index contributed by atoms with van der Waals surface area (Å²) in [7, 11) is 0. The van der Waals surface area contributed by atoms with Crippen molar-refractivity contribution in [3.05, 3.63) is 0 Å². The van der Waals surface area contributed by atoms with E-state index in [1.54, 1.807) is 0 Å². The maximum absolute atomic E-state index is 10.9. The number of fused-ring (bicyclic) bond motifs is 3. The fraction of sp³-hybridized carbons (Fsp3) is 1.00. The molecule has 1 spiro atoms. The molecule has 0 aromatic rings. The van der Waals surface area contributed by atoms with Crippen LogP contribution < -0.4 is 0 Å². The molecule has 4 rings (SSSR count). The molecule has 0 amide bonds. The van der Waals surface area contributed by atoms with Crippen LogP contribution in [0.25, 0.3) is 0 Å². The van der Waals surface area contributed by atoms with Crippen molar-refractivity contribution in [2.24, 2.45) is 34.0 Å². The highest BCUT2D eigenvalue weighted by Crippen LogP contribution is 2.72. The van der Waals surface area contributed by atoms with Gasteiger partial charge in [-0.3, -0.25) is 0 Å². The van der Waals surface area contributed by atoms with Crippen molar-refractivity contribution in [3.8, 4) is 0 Å². The first kappa shape index (κ1) is 16.4. The molecular weight excluding hydrogens is 288 g/mol. The predicted molar refractivity (Wildman–Crippen MR) is 89.8 cm³/mol. The third-order valence-corrected chi connectivity index (χ3v) is 9.07. The van der Waals surface area contributed by atoms with Gasteiger partial charge in [0, 0.05) is 5.41 Å². The largest absolute Gasteiger partial charge is 0.396 e. The van der Waals surface area contributed by atoms with Crippen molar-refractivity contribution < 1.29 is 15.3 Å². The number of rotatable bonds is 2. The van der Waals surface area contributed by atoms with Crippen LogP contribution in [0.15, 0.2) is 0 Å². The molecule has 3 nitrogen and oxygen atoms in total. The molecule has 4 aliphatic carbocycles. The first-order valence-electron chi connectivity index (χ1n) is 9.76. The highest BCUT2D eigenvalue weighted by atomic mass is 16.3. The van der Waals surface area contributed by atoms with Crippen molar-refractivity contribution in [3.63, 3.8) is 0 Å². The summed E-state index contributed by atoms with van der Waals surface area (Å²) >= 11 is 0. The van der Waals surface area contributed by atoms with E-state index < -0.39 is 5.60 Å². The molecule has 0 aromatic heterocycles. The summed E-state index contributed by atoms with van der Waals surface area (Å²) in [6, 6.07) is 0. The zero-order chi connectivity index (χ0) is 16.5. The molecule has 132 valence electrons. The van der Waals surface area contributed by atoms with E-state index in [9.17, 15) is 15.3 Å². The fourth-order valence-electron chi connectivity index (χ4n) is 8.17. The van der Waals surface area contributed by atoms with Gasteiger partial charge in [-0.1, -0.05) is 13.3 Å². The molecule has 4 aliphatic rings. The summed E-state index contributed by atoms with van der Waals surface area (Å²) < 4.78 is 0. The molecule has 2 bridgehead atoms. The lowest BCUT2D eigenvalue weighted by molar-refractivity contribution is -0.176. The van der Waals surface area contributed by atoms with Crippen LogP contribution >= 0.6 is 0 Å². The molecule has 0 aromatic carbocycles. The maximum Gasteiger partial charge on any atom is 0.0653 e. The molecule has 0 aliphatic heterocycles. The standard InChI is InChI=1S/C20H34O3/c1-17-7-3-8-20(12-21,13-22)16(17)6-9-19-10-14(4-5-15(17)19)18(2,23)11-19/h14-16,21-23H,3-13H2,1-2H3/t14-,15+,16+,17+,18-,19+/m1/s1. The summed E-state index contributed by atoms with van der Waals surface area (Å²) in [5, 5.41) is 31.1. The van der Waals surface area contributed by atoms with Crippen molar-refractivity contribution in [1.82, 2.24) is 0 Å². The predicted octanol–water partition coefficient (Wildman–Crippen LogP) is 3.12. The van der Waals surface area contributed by atoms with Gasteiger partial charge >= 0.3 is 0 Å². The fourth-order valence-corrected chi connectivity index (χ4v) is 8.17. The Morgan fingerprint density at radius 1 is 0.913 bits per heavy atom. The number of hydrogen-bond donors (Lipinski definition) is 3. The van der Waals surface area contributed by atoms with Crippen molar-refractivity contribution >= 4 is 0 Å². The Morgan fingerprint density at radius 2 is 1.65 bits per heavy atom. The number of hydrogen-bond acceptors (Lipinski definition) is 3. The molecule has 6 atom stereocenters. The van der Waals surface area contributed by atoms with Crippen LogP contribution in [-0.4, -0.2) is 34.1 Å². The maximum atomic E-state index is 10.9. The van der Waals surface area contributed by atoms with Gasteiger partial charge in [-0.2, -0.15) is 0 Å². The van der Waals surface area contributed by atoms with Crippen LogP contribution in [0.3, 0.4) is 0 Å². The van der Waals surface area contributed by atoms with Gasteiger partial charge in [0.25, 0.3) is 0 Å². The average molecular weight is 322 g/mol. The summed E-state index contributed by atoms with van der Waals surface area (Å²) in [5.74, 6) is 1.59. The lowest BCUT2D eigenvalue weighted by Crippen LogP contribution is -2.59. The molecule has 0 heterocycles. The highest BCUT2D eigenvalue weighted by molar-refractivity contribution is 5.16. The van der Waals surface area contributed by atoms with E-state index in [1.807, 2.05) is 0 Å². The molecule has 3 N–H and O–H groups in total. The Balaban J connectivity index is 1.72. The second-order valence-corrected chi connectivity index (χ2v) is 10.1. The molecule has 0 saturated heterocycles. The molecular formula is C20H34O3. The van der Waals surface area contributed by atoms with E-state index >= 15 is 0 Å². The molecule has 4 saturated carbocycles. The van der Waals surface area contributed by atoms with Crippen LogP contribution in [0.2, 0.25) is 0 Å².